The quantitative estimate of drug-likeness (QED) is 0.427. The molecule has 0 fully saturated rings. The molecule has 1 aromatic carbocycles. The van der Waals surface area contributed by atoms with Crippen LogP contribution < -0.4 is 16.2 Å². The summed E-state index contributed by atoms with van der Waals surface area (Å²) in [7, 11) is 0. The molecule has 5 N–H and O–H groups in total. The maximum absolute atomic E-state index is 12.0. The van der Waals surface area contributed by atoms with Crippen LogP contribution in [0.2, 0.25) is 0 Å². The number of aromatic hydroxyl groups is 1. The molecule has 6 nitrogen and oxygen atoms in total. The molecule has 9 heteroatoms. The Bertz CT molecular complexity index is 481. The van der Waals surface area contributed by atoms with Gasteiger partial charge in [0.15, 0.2) is 0 Å². The van der Waals surface area contributed by atoms with Crippen molar-refractivity contribution in [2.45, 2.75) is 6.36 Å². The number of ether oxygens (including phenoxy) is 1. The van der Waals surface area contributed by atoms with Gasteiger partial charge in [0.2, 0.25) is 5.96 Å². The van der Waals surface area contributed by atoms with Gasteiger partial charge in [0.1, 0.15) is 11.5 Å². The Kier molecular flexibility index (Phi) is 3.97. The lowest BCUT2D eigenvalue weighted by Gasteiger charge is -2.09. The zero-order chi connectivity index (χ0) is 13.8. The Hall–Kier alpha value is -2.45. The summed E-state index contributed by atoms with van der Waals surface area (Å²) in [6, 6.07) is 2.92. The van der Waals surface area contributed by atoms with Crippen molar-refractivity contribution in [2.24, 2.45) is 21.7 Å². The summed E-state index contributed by atoms with van der Waals surface area (Å²) >= 11 is 0. The minimum atomic E-state index is -4.81. The summed E-state index contributed by atoms with van der Waals surface area (Å²) in [5.74, 6) is -1.11. The van der Waals surface area contributed by atoms with Crippen molar-refractivity contribution in [2.75, 3.05) is 0 Å². The average Bonchev–Trinajstić information content (AvgIpc) is 2.20. The van der Waals surface area contributed by atoms with Crippen LogP contribution in [0.3, 0.4) is 0 Å². The number of halogens is 3. The van der Waals surface area contributed by atoms with Crippen molar-refractivity contribution >= 4 is 12.2 Å². The van der Waals surface area contributed by atoms with Crippen LogP contribution in [0.4, 0.5) is 13.2 Å². The number of alkyl halides is 3. The molecule has 1 rings (SSSR count). The molecule has 0 heterocycles. The largest absolute Gasteiger partial charge is 0.573 e. The highest BCUT2D eigenvalue weighted by atomic mass is 19.4. The SMILES string of the molecule is NC(N)=NN=Cc1cc(OC(F)(F)F)ccc1O. The molecule has 0 unspecified atom stereocenters. The number of phenolic OH excluding ortho intramolecular Hbond substituents is 1. The van der Waals surface area contributed by atoms with Crippen molar-refractivity contribution in [3.63, 3.8) is 0 Å². The van der Waals surface area contributed by atoms with E-state index in [1.165, 1.54) is 0 Å². The average molecular weight is 262 g/mol. The van der Waals surface area contributed by atoms with Gasteiger partial charge in [0.25, 0.3) is 0 Å². The number of guanidine groups is 1. The Labute approximate surface area is 99.4 Å². The first kappa shape index (κ1) is 13.6. The van der Waals surface area contributed by atoms with Crippen molar-refractivity contribution in [1.29, 1.82) is 0 Å². The Morgan fingerprint density at radius 1 is 1.33 bits per heavy atom. The Morgan fingerprint density at radius 3 is 2.56 bits per heavy atom. The van der Waals surface area contributed by atoms with Crippen LogP contribution in [0.5, 0.6) is 11.5 Å². The molecule has 0 bridgehead atoms. The monoisotopic (exact) mass is 262 g/mol. The maximum atomic E-state index is 12.0. The predicted octanol–water partition coefficient (Wildman–Crippen LogP) is 0.898. The van der Waals surface area contributed by atoms with Gasteiger partial charge in [-0.2, -0.15) is 5.10 Å². The number of phenols is 1. The highest BCUT2D eigenvalue weighted by Gasteiger charge is 2.31. The van der Waals surface area contributed by atoms with Crippen LogP contribution in [0.15, 0.2) is 28.4 Å². The summed E-state index contributed by atoms with van der Waals surface area (Å²) in [6.45, 7) is 0. The van der Waals surface area contributed by atoms with Gasteiger partial charge in [-0.1, -0.05) is 0 Å². The van der Waals surface area contributed by atoms with Crippen LogP contribution >= 0.6 is 0 Å². The molecule has 0 radical (unpaired) electrons. The highest BCUT2D eigenvalue weighted by molar-refractivity contribution is 5.85. The van der Waals surface area contributed by atoms with Gasteiger partial charge in [-0.05, 0) is 18.2 Å². The van der Waals surface area contributed by atoms with E-state index < -0.39 is 12.1 Å². The number of hydrogen-bond donors (Lipinski definition) is 3. The minimum Gasteiger partial charge on any atom is -0.507 e. The second-order valence-corrected chi connectivity index (χ2v) is 3.04. The number of benzene rings is 1. The molecule has 0 saturated heterocycles. The van der Waals surface area contributed by atoms with Crippen molar-refractivity contribution in [3.8, 4) is 11.5 Å². The van der Waals surface area contributed by atoms with Crippen molar-refractivity contribution < 1.29 is 23.0 Å². The van der Waals surface area contributed by atoms with Crippen LogP contribution in [0.25, 0.3) is 0 Å². The van der Waals surface area contributed by atoms with Crippen molar-refractivity contribution in [1.82, 2.24) is 0 Å². The molecular formula is C9H9F3N4O2. The fourth-order valence-corrected chi connectivity index (χ4v) is 0.991. The number of hydrogen-bond acceptors (Lipinski definition) is 4. The fourth-order valence-electron chi connectivity index (χ4n) is 0.991. The summed E-state index contributed by atoms with van der Waals surface area (Å²) in [4.78, 5) is 0. The first-order valence-corrected chi connectivity index (χ1v) is 4.48. The summed E-state index contributed by atoms with van der Waals surface area (Å²) < 4.78 is 39.5. The lowest BCUT2D eigenvalue weighted by atomic mass is 10.2. The summed E-state index contributed by atoms with van der Waals surface area (Å²) in [5.41, 5.74) is 9.95. The van der Waals surface area contributed by atoms with E-state index in [2.05, 4.69) is 14.9 Å². The standard InChI is InChI=1S/C9H9F3N4O2/c10-9(11,12)18-6-1-2-7(17)5(3-6)4-15-16-8(13)14/h1-4,17H,(H4,13,14,16). The van der Waals surface area contributed by atoms with Gasteiger partial charge < -0.3 is 21.3 Å². The number of nitrogens with zero attached hydrogens (tertiary/aromatic N) is 2. The lowest BCUT2D eigenvalue weighted by Crippen LogP contribution is -2.21. The van der Waals surface area contributed by atoms with Gasteiger partial charge >= 0.3 is 6.36 Å². The minimum absolute atomic E-state index is 0.0262. The smallest absolute Gasteiger partial charge is 0.507 e. The zero-order valence-corrected chi connectivity index (χ0v) is 8.85. The predicted molar refractivity (Wildman–Crippen MR) is 58.2 cm³/mol. The maximum Gasteiger partial charge on any atom is 0.573 e. The van der Waals surface area contributed by atoms with E-state index in [4.69, 9.17) is 11.5 Å². The van der Waals surface area contributed by atoms with Crippen LogP contribution in [0, 0.1) is 0 Å². The number of rotatable bonds is 3. The van der Waals surface area contributed by atoms with Gasteiger partial charge in [0.05, 0.1) is 6.21 Å². The second-order valence-electron chi connectivity index (χ2n) is 3.04. The van der Waals surface area contributed by atoms with Gasteiger partial charge in [-0.15, -0.1) is 18.3 Å². The third kappa shape index (κ3) is 4.60. The van der Waals surface area contributed by atoms with E-state index in [1.54, 1.807) is 0 Å². The lowest BCUT2D eigenvalue weighted by molar-refractivity contribution is -0.274. The number of nitrogens with two attached hydrogens (primary N) is 2. The van der Waals surface area contributed by atoms with E-state index in [-0.39, 0.29) is 17.3 Å². The highest BCUT2D eigenvalue weighted by Crippen LogP contribution is 2.26. The molecule has 0 aliphatic rings. The second kappa shape index (κ2) is 5.25. The zero-order valence-electron chi connectivity index (χ0n) is 8.85. The fraction of sp³-hybridized carbons (Fsp3) is 0.111. The summed E-state index contributed by atoms with van der Waals surface area (Å²) in [5, 5.41) is 15.9. The topological polar surface area (TPSA) is 106 Å². The van der Waals surface area contributed by atoms with E-state index in [0.29, 0.717) is 0 Å². The normalized spacial score (nSPS) is 11.5. The molecule has 0 atom stereocenters. The van der Waals surface area contributed by atoms with Crippen LogP contribution in [-0.2, 0) is 0 Å². The third-order valence-electron chi connectivity index (χ3n) is 1.60. The van der Waals surface area contributed by atoms with Gasteiger partial charge in [-0.25, -0.2) is 0 Å². The first-order chi connectivity index (χ1) is 8.28. The molecule has 98 valence electrons. The van der Waals surface area contributed by atoms with E-state index in [1.807, 2.05) is 0 Å². The van der Waals surface area contributed by atoms with Crippen LogP contribution in [0.1, 0.15) is 5.56 Å². The molecule has 0 aliphatic carbocycles. The van der Waals surface area contributed by atoms with Gasteiger partial charge in [0, 0.05) is 5.56 Å². The first-order valence-electron chi connectivity index (χ1n) is 4.48. The molecule has 0 aliphatic heterocycles. The summed E-state index contributed by atoms with van der Waals surface area (Å²) in [6.07, 6.45) is -3.83. The van der Waals surface area contributed by atoms with Gasteiger partial charge in [-0.3, -0.25) is 0 Å². The van der Waals surface area contributed by atoms with E-state index in [9.17, 15) is 18.3 Å². The molecule has 0 spiro atoms. The molecule has 18 heavy (non-hydrogen) atoms. The Morgan fingerprint density at radius 2 is 2.00 bits per heavy atom. The molecule has 0 saturated carbocycles. The van der Waals surface area contributed by atoms with E-state index >= 15 is 0 Å². The Balaban J connectivity index is 2.95. The third-order valence-corrected chi connectivity index (χ3v) is 1.60. The van der Waals surface area contributed by atoms with Crippen LogP contribution in [-0.4, -0.2) is 23.6 Å². The molecule has 0 aromatic heterocycles. The van der Waals surface area contributed by atoms with Crippen molar-refractivity contribution in [3.05, 3.63) is 23.8 Å². The molecular weight excluding hydrogens is 253 g/mol. The molecule has 0 amide bonds. The van der Waals surface area contributed by atoms with E-state index in [0.717, 1.165) is 24.4 Å². The molecule has 1 aromatic rings.